The number of rotatable bonds is 8. The first kappa shape index (κ1) is 15.4. The molecule has 9 heteroatoms. The topological polar surface area (TPSA) is 83.9 Å². The molecular formula is C9H13BrN4O2S2. The molecule has 0 aliphatic rings. The molecule has 0 atom stereocenters. The Kier molecular flexibility index (Phi) is 7.21. The number of imidazole rings is 1. The number of thioether (sulfide) groups is 2. The zero-order valence-electron chi connectivity index (χ0n) is 9.68. The van der Waals surface area contributed by atoms with E-state index >= 15 is 0 Å². The lowest BCUT2D eigenvalue weighted by molar-refractivity contribution is -0.403. The van der Waals surface area contributed by atoms with E-state index in [4.69, 9.17) is 0 Å². The molecule has 6 nitrogen and oxygen atoms in total. The quantitative estimate of drug-likeness (QED) is 0.424. The van der Waals surface area contributed by atoms with Gasteiger partial charge in [0, 0.05) is 18.1 Å². The highest BCUT2D eigenvalue weighted by atomic mass is 79.9. The van der Waals surface area contributed by atoms with Gasteiger partial charge >= 0.3 is 0 Å². The lowest BCUT2D eigenvalue weighted by Crippen LogP contribution is -2.15. The molecule has 0 spiro atoms. The number of aromatic amines is 1. The van der Waals surface area contributed by atoms with Crippen LogP contribution in [0, 0.1) is 10.1 Å². The van der Waals surface area contributed by atoms with Crippen LogP contribution in [0.25, 0.3) is 0 Å². The van der Waals surface area contributed by atoms with Crippen molar-refractivity contribution in [3.63, 3.8) is 0 Å². The molecule has 0 aromatic carbocycles. The van der Waals surface area contributed by atoms with Crippen molar-refractivity contribution in [1.29, 1.82) is 0 Å². The smallest absolute Gasteiger partial charge is 0.263 e. The minimum absolute atomic E-state index is 0.451. The highest BCUT2D eigenvalue weighted by Crippen LogP contribution is 2.17. The average Bonchev–Trinajstić information content (AvgIpc) is 2.72. The Morgan fingerprint density at radius 3 is 3.11 bits per heavy atom. The van der Waals surface area contributed by atoms with E-state index in [-0.39, 0.29) is 0 Å². The van der Waals surface area contributed by atoms with Crippen LogP contribution in [0.4, 0.5) is 0 Å². The van der Waals surface area contributed by atoms with Crippen LogP contribution in [0.1, 0.15) is 5.69 Å². The number of aromatic nitrogens is 2. The van der Waals surface area contributed by atoms with Crippen molar-refractivity contribution in [3.05, 3.63) is 38.0 Å². The van der Waals surface area contributed by atoms with Crippen LogP contribution in [0.15, 0.2) is 22.2 Å². The molecule has 1 aromatic rings. The van der Waals surface area contributed by atoms with E-state index in [9.17, 15) is 10.1 Å². The second-order valence-electron chi connectivity index (χ2n) is 3.13. The number of hydrogen-bond donors (Lipinski definition) is 2. The van der Waals surface area contributed by atoms with Crippen molar-refractivity contribution >= 4 is 39.5 Å². The Morgan fingerprint density at radius 2 is 2.56 bits per heavy atom. The maximum Gasteiger partial charge on any atom is 0.263 e. The van der Waals surface area contributed by atoms with Crippen LogP contribution in [-0.4, -0.2) is 33.4 Å². The first-order chi connectivity index (χ1) is 8.63. The monoisotopic (exact) mass is 352 g/mol. The first-order valence-corrected chi connectivity index (χ1v) is 8.19. The largest absolute Gasteiger partial charge is 0.374 e. The van der Waals surface area contributed by atoms with Gasteiger partial charge in [0.1, 0.15) is 9.63 Å². The third-order valence-electron chi connectivity index (χ3n) is 1.90. The molecule has 0 radical (unpaired) electrons. The Labute approximate surface area is 122 Å². The van der Waals surface area contributed by atoms with E-state index < -0.39 is 4.92 Å². The van der Waals surface area contributed by atoms with Gasteiger partial charge in [0.15, 0.2) is 0 Å². The molecule has 0 saturated heterocycles. The Bertz CT molecular complexity index is 424. The van der Waals surface area contributed by atoms with Crippen LogP contribution in [0.2, 0.25) is 0 Å². The summed E-state index contributed by atoms with van der Waals surface area (Å²) in [7, 11) is 0. The summed E-state index contributed by atoms with van der Waals surface area (Å²) in [4.78, 5) is 16.9. The van der Waals surface area contributed by atoms with Crippen LogP contribution in [0.5, 0.6) is 0 Å². The number of nitrogens with zero attached hydrogens (tertiary/aromatic N) is 2. The molecule has 0 fully saturated rings. The van der Waals surface area contributed by atoms with Crippen molar-refractivity contribution < 1.29 is 4.92 Å². The van der Waals surface area contributed by atoms with Gasteiger partial charge in [0.05, 0.1) is 16.9 Å². The zero-order chi connectivity index (χ0) is 13.4. The van der Waals surface area contributed by atoms with Crippen molar-refractivity contribution in [2.24, 2.45) is 0 Å². The summed E-state index contributed by atoms with van der Waals surface area (Å²) in [5.41, 5.74) is 1.05. The molecule has 2 N–H and O–H groups in total. The van der Waals surface area contributed by atoms with Crippen molar-refractivity contribution in [3.8, 4) is 0 Å². The van der Waals surface area contributed by atoms with Crippen LogP contribution in [-0.2, 0) is 5.75 Å². The summed E-state index contributed by atoms with van der Waals surface area (Å²) >= 11 is 6.40. The predicted molar refractivity (Wildman–Crippen MR) is 79.0 cm³/mol. The fraction of sp³-hybridized carbons (Fsp3) is 0.444. The summed E-state index contributed by atoms with van der Waals surface area (Å²) in [6.45, 7) is 0.691. The first-order valence-electron chi connectivity index (χ1n) is 5.02. The Balaban J connectivity index is 2.19. The van der Waals surface area contributed by atoms with Gasteiger partial charge in [-0.05, 0) is 22.2 Å². The summed E-state index contributed by atoms with van der Waals surface area (Å²) < 4.78 is 0.834. The second-order valence-corrected chi connectivity index (χ2v) is 5.84. The fourth-order valence-corrected chi connectivity index (χ4v) is 2.89. The lowest BCUT2D eigenvalue weighted by atomic mass is 10.6. The van der Waals surface area contributed by atoms with Crippen molar-refractivity contribution in [2.75, 3.05) is 18.6 Å². The molecule has 1 aromatic heterocycles. The van der Waals surface area contributed by atoms with E-state index in [1.165, 1.54) is 11.8 Å². The van der Waals surface area contributed by atoms with E-state index in [1.54, 1.807) is 24.3 Å². The summed E-state index contributed by atoms with van der Waals surface area (Å²) in [5, 5.41) is 13.9. The number of H-pyrrole nitrogens is 1. The fourth-order valence-electron chi connectivity index (χ4n) is 1.09. The number of nitro groups is 1. The van der Waals surface area contributed by atoms with Crippen LogP contribution < -0.4 is 5.32 Å². The predicted octanol–water partition coefficient (Wildman–Crippen LogP) is 2.43. The SMILES string of the molecule is CS/C(=C/[N+](=O)[O-])NCCSCc1[nH]cnc1Br. The zero-order valence-corrected chi connectivity index (χ0v) is 12.9. The molecule has 0 aliphatic heterocycles. The van der Waals surface area contributed by atoms with Crippen LogP contribution in [0.3, 0.4) is 0 Å². The minimum atomic E-state index is -0.451. The van der Waals surface area contributed by atoms with E-state index in [0.717, 1.165) is 28.0 Å². The molecule has 0 bridgehead atoms. The Morgan fingerprint density at radius 1 is 1.78 bits per heavy atom. The number of halogens is 1. The third kappa shape index (κ3) is 5.78. The van der Waals surface area contributed by atoms with Gasteiger partial charge in [-0.3, -0.25) is 10.1 Å². The van der Waals surface area contributed by atoms with Gasteiger partial charge < -0.3 is 10.3 Å². The second kappa shape index (κ2) is 8.44. The molecule has 0 aliphatic carbocycles. The van der Waals surface area contributed by atoms with E-state index in [0.29, 0.717) is 11.6 Å². The van der Waals surface area contributed by atoms with Gasteiger partial charge in [0.2, 0.25) is 0 Å². The average molecular weight is 353 g/mol. The van der Waals surface area contributed by atoms with E-state index in [2.05, 4.69) is 31.2 Å². The van der Waals surface area contributed by atoms with Crippen LogP contribution >= 0.6 is 39.5 Å². The summed E-state index contributed by atoms with van der Waals surface area (Å²) in [6, 6.07) is 0. The summed E-state index contributed by atoms with van der Waals surface area (Å²) in [6.07, 6.45) is 4.43. The minimum Gasteiger partial charge on any atom is -0.374 e. The lowest BCUT2D eigenvalue weighted by Gasteiger charge is -2.05. The van der Waals surface area contributed by atoms with E-state index in [1.807, 2.05) is 0 Å². The molecule has 18 heavy (non-hydrogen) atoms. The standard InChI is InChI=1S/C9H13BrN4O2S2/c1-17-8(4-14(15)16)11-2-3-18-5-7-9(10)13-6-12-7/h4,6,11H,2-3,5H2,1H3,(H,12,13)/b8-4+. The normalized spacial score (nSPS) is 11.6. The molecule has 0 saturated carbocycles. The van der Waals surface area contributed by atoms with Crippen molar-refractivity contribution in [1.82, 2.24) is 15.3 Å². The molecule has 0 unspecified atom stereocenters. The molecule has 1 rings (SSSR count). The highest BCUT2D eigenvalue weighted by Gasteiger charge is 2.03. The van der Waals surface area contributed by atoms with Gasteiger partial charge in [-0.25, -0.2) is 4.98 Å². The van der Waals surface area contributed by atoms with Gasteiger partial charge in [-0.1, -0.05) is 0 Å². The number of nitrogens with one attached hydrogen (secondary N) is 2. The summed E-state index contributed by atoms with van der Waals surface area (Å²) in [5.74, 6) is 1.69. The maximum absolute atomic E-state index is 10.3. The maximum atomic E-state index is 10.3. The van der Waals surface area contributed by atoms with Gasteiger partial charge in [0.25, 0.3) is 6.20 Å². The van der Waals surface area contributed by atoms with Gasteiger partial charge in [-0.2, -0.15) is 11.8 Å². The number of hydrogen-bond acceptors (Lipinski definition) is 6. The highest BCUT2D eigenvalue weighted by molar-refractivity contribution is 9.10. The molecule has 1 heterocycles. The molecule has 100 valence electrons. The van der Waals surface area contributed by atoms with Gasteiger partial charge in [-0.15, -0.1) is 11.8 Å². The Hall–Kier alpha value is -0.670. The molecule has 0 amide bonds. The third-order valence-corrected chi connectivity index (χ3v) is 4.26. The van der Waals surface area contributed by atoms with Crippen molar-refractivity contribution in [2.45, 2.75) is 5.75 Å². The molecular weight excluding hydrogens is 340 g/mol.